The Hall–Kier alpha value is -1.59. The summed E-state index contributed by atoms with van der Waals surface area (Å²) in [5.41, 5.74) is 0.794. The van der Waals surface area contributed by atoms with Gasteiger partial charge in [-0.15, -0.1) is 0 Å². The molecule has 19 heavy (non-hydrogen) atoms. The summed E-state index contributed by atoms with van der Waals surface area (Å²) in [5.74, 6) is -0.176. The van der Waals surface area contributed by atoms with Crippen LogP contribution in [0.1, 0.15) is 23.0 Å². The number of rotatable bonds is 3. The van der Waals surface area contributed by atoms with Gasteiger partial charge in [-0.3, -0.25) is 4.98 Å². The summed E-state index contributed by atoms with van der Waals surface area (Å²) in [4.78, 5) is 16.0. The minimum atomic E-state index is -0.524. The topological polar surface area (TPSA) is 65.2 Å². The van der Waals surface area contributed by atoms with Crippen LogP contribution in [0.2, 0.25) is 10.0 Å². The summed E-state index contributed by atoms with van der Waals surface area (Å²) in [5, 5.41) is 4.49. The number of carbonyl (C=O) groups excluding carboxylic acids is 1. The molecule has 0 spiro atoms. The lowest BCUT2D eigenvalue weighted by molar-refractivity contribution is 0.0525. The highest BCUT2D eigenvalue weighted by Gasteiger charge is 2.25. The number of aromatic nitrogens is 2. The van der Waals surface area contributed by atoms with Gasteiger partial charge < -0.3 is 9.26 Å². The number of carbonyl (C=O) groups is 1. The lowest BCUT2D eigenvalue weighted by atomic mass is 10.1. The van der Waals surface area contributed by atoms with Crippen LogP contribution in [-0.4, -0.2) is 22.7 Å². The van der Waals surface area contributed by atoms with Gasteiger partial charge in [-0.2, -0.15) is 0 Å². The minimum Gasteiger partial charge on any atom is -0.462 e. The molecule has 0 bridgehead atoms. The third kappa shape index (κ3) is 2.72. The zero-order chi connectivity index (χ0) is 14.0. The first kappa shape index (κ1) is 13.8. The standard InChI is InChI=1S/C12H10Cl2N2O3/c1-3-18-12(17)9-6(2)19-16-11(9)10-8(14)4-7(13)5-15-10/h4-5H,3H2,1-2H3. The number of esters is 1. The number of hydrogen-bond acceptors (Lipinski definition) is 5. The molecule has 5 nitrogen and oxygen atoms in total. The predicted molar refractivity (Wildman–Crippen MR) is 70.4 cm³/mol. The van der Waals surface area contributed by atoms with Crippen LogP contribution in [0.15, 0.2) is 16.8 Å². The van der Waals surface area contributed by atoms with Gasteiger partial charge in [-0.1, -0.05) is 28.4 Å². The normalized spacial score (nSPS) is 10.5. The molecule has 2 aromatic rings. The molecule has 0 radical (unpaired) electrons. The van der Waals surface area contributed by atoms with E-state index in [1.807, 2.05) is 0 Å². The van der Waals surface area contributed by atoms with Gasteiger partial charge in [0.2, 0.25) is 0 Å². The van der Waals surface area contributed by atoms with Gasteiger partial charge in [-0.05, 0) is 19.9 Å². The Labute approximate surface area is 119 Å². The van der Waals surface area contributed by atoms with Crippen molar-refractivity contribution in [3.8, 4) is 11.4 Å². The Morgan fingerprint density at radius 3 is 2.79 bits per heavy atom. The summed E-state index contributed by atoms with van der Waals surface area (Å²) < 4.78 is 9.98. The van der Waals surface area contributed by atoms with Crippen LogP contribution in [0, 0.1) is 6.92 Å². The van der Waals surface area contributed by atoms with Crippen molar-refractivity contribution < 1.29 is 14.1 Å². The largest absolute Gasteiger partial charge is 0.462 e. The van der Waals surface area contributed by atoms with Crippen molar-refractivity contribution in [2.75, 3.05) is 6.61 Å². The van der Waals surface area contributed by atoms with Gasteiger partial charge >= 0.3 is 5.97 Å². The van der Waals surface area contributed by atoms with Crippen LogP contribution in [0.3, 0.4) is 0 Å². The molecule has 0 fully saturated rings. The van der Waals surface area contributed by atoms with E-state index >= 15 is 0 Å². The monoisotopic (exact) mass is 300 g/mol. The second kappa shape index (κ2) is 5.59. The lowest BCUT2D eigenvalue weighted by Gasteiger charge is -2.03. The highest BCUT2D eigenvalue weighted by molar-refractivity contribution is 6.36. The van der Waals surface area contributed by atoms with E-state index in [-0.39, 0.29) is 22.9 Å². The minimum absolute atomic E-state index is 0.221. The van der Waals surface area contributed by atoms with Crippen LogP contribution in [-0.2, 0) is 4.74 Å². The SMILES string of the molecule is CCOC(=O)c1c(-c2ncc(Cl)cc2Cl)noc1C. The third-order valence-corrected chi connectivity index (χ3v) is 2.87. The van der Waals surface area contributed by atoms with Crippen molar-refractivity contribution in [2.45, 2.75) is 13.8 Å². The molecule has 0 aliphatic heterocycles. The van der Waals surface area contributed by atoms with E-state index in [2.05, 4.69) is 10.1 Å². The first-order valence-electron chi connectivity index (χ1n) is 5.49. The molecule has 0 saturated heterocycles. The molecule has 2 rings (SSSR count). The van der Waals surface area contributed by atoms with Crippen molar-refractivity contribution in [3.05, 3.63) is 33.6 Å². The van der Waals surface area contributed by atoms with Crippen molar-refractivity contribution in [1.82, 2.24) is 10.1 Å². The van der Waals surface area contributed by atoms with Crippen LogP contribution in [0.5, 0.6) is 0 Å². The van der Waals surface area contributed by atoms with Crippen LogP contribution >= 0.6 is 23.2 Å². The molecular weight excluding hydrogens is 291 g/mol. The van der Waals surface area contributed by atoms with Crippen molar-refractivity contribution in [3.63, 3.8) is 0 Å². The van der Waals surface area contributed by atoms with E-state index in [9.17, 15) is 4.79 Å². The molecule has 0 N–H and O–H groups in total. The summed E-state index contributed by atoms with van der Waals surface area (Å²) >= 11 is 11.8. The van der Waals surface area contributed by atoms with E-state index < -0.39 is 5.97 Å². The quantitative estimate of drug-likeness (QED) is 0.811. The summed E-state index contributed by atoms with van der Waals surface area (Å²) in [7, 11) is 0. The fraction of sp³-hybridized carbons (Fsp3) is 0.250. The van der Waals surface area contributed by atoms with Gasteiger partial charge in [0.25, 0.3) is 0 Å². The molecule has 0 aromatic carbocycles. The molecule has 0 amide bonds. The van der Waals surface area contributed by atoms with Gasteiger partial charge in [0.05, 0.1) is 16.7 Å². The van der Waals surface area contributed by atoms with Crippen molar-refractivity contribution in [2.24, 2.45) is 0 Å². The van der Waals surface area contributed by atoms with Crippen molar-refractivity contribution >= 4 is 29.2 Å². The fourth-order valence-corrected chi connectivity index (χ4v) is 2.04. The fourth-order valence-electron chi connectivity index (χ4n) is 1.57. The van der Waals surface area contributed by atoms with E-state index in [1.165, 1.54) is 12.3 Å². The van der Waals surface area contributed by atoms with E-state index in [0.29, 0.717) is 16.5 Å². The Morgan fingerprint density at radius 2 is 2.16 bits per heavy atom. The highest BCUT2D eigenvalue weighted by atomic mass is 35.5. The number of pyridine rings is 1. The average molecular weight is 301 g/mol. The molecule has 0 aliphatic rings. The first-order chi connectivity index (χ1) is 9.04. The van der Waals surface area contributed by atoms with Crippen LogP contribution < -0.4 is 0 Å². The Kier molecular flexibility index (Phi) is 4.07. The first-order valence-corrected chi connectivity index (χ1v) is 6.25. The maximum atomic E-state index is 11.9. The molecule has 100 valence electrons. The molecule has 0 atom stereocenters. The molecule has 0 aliphatic carbocycles. The molecular formula is C12H10Cl2N2O3. The molecule has 2 aromatic heterocycles. The van der Waals surface area contributed by atoms with Gasteiger partial charge in [0, 0.05) is 6.20 Å². The van der Waals surface area contributed by atoms with Crippen molar-refractivity contribution in [1.29, 1.82) is 0 Å². The highest BCUT2D eigenvalue weighted by Crippen LogP contribution is 2.31. The second-order valence-corrected chi connectivity index (χ2v) is 4.51. The number of nitrogens with zero attached hydrogens (tertiary/aromatic N) is 2. The Bertz CT molecular complexity index is 625. The molecule has 0 unspecified atom stereocenters. The van der Waals surface area contributed by atoms with E-state index in [1.54, 1.807) is 13.8 Å². The van der Waals surface area contributed by atoms with Gasteiger partial charge in [0.1, 0.15) is 22.7 Å². The Balaban J connectivity index is 2.54. The summed E-state index contributed by atoms with van der Waals surface area (Å²) in [6, 6.07) is 1.52. The molecule has 7 heteroatoms. The molecule has 2 heterocycles. The molecule has 0 saturated carbocycles. The van der Waals surface area contributed by atoms with Crippen LogP contribution in [0.4, 0.5) is 0 Å². The second-order valence-electron chi connectivity index (χ2n) is 3.67. The summed E-state index contributed by atoms with van der Waals surface area (Å²) in [6.45, 7) is 3.59. The van der Waals surface area contributed by atoms with Gasteiger partial charge in [0.15, 0.2) is 0 Å². The zero-order valence-electron chi connectivity index (χ0n) is 10.2. The van der Waals surface area contributed by atoms with Gasteiger partial charge in [-0.25, -0.2) is 4.79 Å². The maximum Gasteiger partial charge on any atom is 0.344 e. The third-order valence-electron chi connectivity index (χ3n) is 2.37. The summed E-state index contributed by atoms with van der Waals surface area (Å²) in [6.07, 6.45) is 1.42. The number of hydrogen-bond donors (Lipinski definition) is 0. The number of ether oxygens (including phenoxy) is 1. The average Bonchev–Trinajstić information content (AvgIpc) is 2.71. The Morgan fingerprint density at radius 1 is 1.42 bits per heavy atom. The lowest BCUT2D eigenvalue weighted by Crippen LogP contribution is -2.07. The zero-order valence-corrected chi connectivity index (χ0v) is 11.7. The number of aryl methyl sites for hydroxylation is 1. The predicted octanol–water partition coefficient (Wildman–Crippen LogP) is 3.53. The maximum absolute atomic E-state index is 11.9. The smallest absolute Gasteiger partial charge is 0.344 e. The number of halogens is 2. The van der Waals surface area contributed by atoms with Crippen LogP contribution in [0.25, 0.3) is 11.4 Å². The van der Waals surface area contributed by atoms with E-state index in [4.69, 9.17) is 32.5 Å². The van der Waals surface area contributed by atoms with E-state index in [0.717, 1.165) is 0 Å².